The van der Waals surface area contributed by atoms with Crippen LogP contribution in [0.2, 0.25) is 0 Å². The summed E-state index contributed by atoms with van der Waals surface area (Å²) in [6.45, 7) is 0.314. The molecule has 0 bridgehead atoms. The zero-order valence-corrected chi connectivity index (χ0v) is 21.4. The molecule has 36 heavy (non-hydrogen) atoms. The summed E-state index contributed by atoms with van der Waals surface area (Å²) in [5.74, 6) is 0.643. The highest BCUT2D eigenvalue weighted by Gasteiger charge is 2.41. The maximum Gasteiger partial charge on any atom is 0.226 e. The Hall–Kier alpha value is -3.56. The van der Waals surface area contributed by atoms with Gasteiger partial charge in [0.05, 0.1) is 17.4 Å². The minimum atomic E-state index is -0.478. The van der Waals surface area contributed by atoms with Crippen molar-refractivity contribution in [3.8, 4) is 11.3 Å². The second-order valence-corrected chi connectivity index (χ2v) is 9.61. The molecule has 182 valence electrons. The van der Waals surface area contributed by atoms with Crippen molar-refractivity contribution < 1.29 is 13.6 Å². The van der Waals surface area contributed by atoms with Crippen molar-refractivity contribution in [2.75, 3.05) is 11.9 Å². The predicted molar refractivity (Wildman–Crippen MR) is 144 cm³/mol. The Kier molecular flexibility index (Phi) is 7.11. The number of rotatable bonds is 7. The van der Waals surface area contributed by atoms with Crippen LogP contribution in [0.4, 0.5) is 10.1 Å². The lowest BCUT2D eigenvalue weighted by Crippen LogP contribution is -2.32. The first-order chi connectivity index (χ1) is 17.5. The lowest BCUT2D eigenvalue weighted by atomic mass is 10.0. The summed E-state index contributed by atoms with van der Waals surface area (Å²) in [5, 5.41) is 6.47. The van der Waals surface area contributed by atoms with Gasteiger partial charge in [-0.2, -0.15) is 0 Å². The van der Waals surface area contributed by atoms with Gasteiger partial charge in [0.2, 0.25) is 5.91 Å². The van der Waals surface area contributed by atoms with E-state index in [0.717, 1.165) is 21.5 Å². The monoisotopic (exact) mass is 564 g/mol. The number of pyridine rings is 1. The second-order valence-electron chi connectivity index (χ2n) is 8.31. The fourth-order valence-corrected chi connectivity index (χ4v) is 4.83. The molecule has 2 N–H and O–H groups in total. The molecule has 1 saturated heterocycles. The van der Waals surface area contributed by atoms with Gasteiger partial charge < -0.3 is 20.0 Å². The molecule has 0 spiro atoms. The lowest BCUT2D eigenvalue weighted by molar-refractivity contribution is -0.116. The predicted octanol–water partition coefficient (Wildman–Crippen LogP) is 6.24. The number of amides is 1. The summed E-state index contributed by atoms with van der Waals surface area (Å²) in [5.41, 5.74) is 1.91. The summed E-state index contributed by atoms with van der Waals surface area (Å²) in [7, 11) is 0. The fraction of sp³-hybridized carbons (Fsp3) is 0.148. The Bertz CT molecular complexity index is 1380. The molecule has 2 aromatic carbocycles. The van der Waals surface area contributed by atoms with Crippen molar-refractivity contribution in [3.05, 3.63) is 107 Å². The third-order valence-electron chi connectivity index (χ3n) is 5.97. The molecule has 1 aliphatic rings. The highest BCUT2D eigenvalue weighted by molar-refractivity contribution is 9.10. The Balaban J connectivity index is 1.40. The van der Waals surface area contributed by atoms with Crippen LogP contribution in [-0.4, -0.2) is 27.4 Å². The van der Waals surface area contributed by atoms with Crippen LogP contribution in [0.5, 0.6) is 0 Å². The van der Waals surface area contributed by atoms with E-state index < -0.39 is 5.82 Å². The van der Waals surface area contributed by atoms with Crippen molar-refractivity contribution in [3.63, 3.8) is 0 Å². The molecule has 5 rings (SSSR count). The number of nitrogens with one attached hydrogen (secondary N) is 2. The Morgan fingerprint density at radius 2 is 1.86 bits per heavy atom. The molecule has 9 heteroatoms. The number of furan rings is 1. The topological polar surface area (TPSA) is 70.4 Å². The summed E-state index contributed by atoms with van der Waals surface area (Å²) >= 11 is 9.12. The van der Waals surface area contributed by atoms with Gasteiger partial charge in [0, 0.05) is 29.2 Å². The number of benzene rings is 2. The maximum absolute atomic E-state index is 14.0. The van der Waals surface area contributed by atoms with E-state index in [1.54, 1.807) is 18.3 Å². The molecule has 1 aliphatic heterocycles. The van der Waals surface area contributed by atoms with Gasteiger partial charge in [0.1, 0.15) is 23.4 Å². The normalized spacial score (nSPS) is 17.2. The van der Waals surface area contributed by atoms with Crippen LogP contribution >= 0.6 is 28.1 Å². The fourth-order valence-electron chi connectivity index (χ4n) is 4.23. The first-order valence-corrected chi connectivity index (χ1v) is 12.6. The molecule has 1 fully saturated rings. The van der Waals surface area contributed by atoms with Crippen LogP contribution in [0.25, 0.3) is 11.3 Å². The molecule has 2 unspecified atom stereocenters. The average molecular weight is 565 g/mol. The third kappa shape index (κ3) is 5.17. The number of carbonyl (C=O) groups excluding carboxylic acids is 1. The van der Waals surface area contributed by atoms with Crippen molar-refractivity contribution in [2.45, 2.75) is 18.5 Å². The quantitative estimate of drug-likeness (QED) is 0.259. The average Bonchev–Trinajstić information content (AvgIpc) is 3.50. The second kappa shape index (κ2) is 10.6. The highest BCUT2D eigenvalue weighted by atomic mass is 79.9. The van der Waals surface area contributed by atoms with Crippen molar-refractivity contribution >= 4 is 44.9 Å². The van der Waals surface area contributed by atoms with E-state index in [1.807, 2.05) is 59.5 Å². The van der Waals surface area contributed by atoms with Crippen molar-refractivity contribution in [2.24, 2.45) is 0 Å². The molecule has 1 amide bonds. The van der Waals surface area contributed by atoms with Crippen LogP contribution in [0.1, 0.15) is 30.0 Å². The zero-order valence-electron chi connectivity index (χ0n) is 19.0. The maximum atomic E-state index is 14.0. The Labute approximate surface area is 221 Å². The molecule has 4 aromatic rings. The number of aromatic nitrogens is 1. The Morgan fingerprint density at radius 1 is 1.08 bits per heavy atom. The van der Waals surface area contributed by atoms with E-state index in [1.165, 1.54) is 12.1 Å². The van der Waals surface area contributed by atoms with Gasteiger partial charge in [-0.3, -0.25) is 9.78 Å². The molecular weight excluding hydrogens is 543 g/mol. The molecule has 3 heterocycles. The third-order valence-corrected chi connectivity index (χ3v) is 6.85. The van der Waals surface area contributed by atoms with Crippen LogP contribution in [0, 0.1) is 5.82 Å². The number of hydrogen-bond donors (Lipinski definition) is 2. The number of para-hydroxylation sites is 1. The van der Waals surface area contributed by atoms with Crippen molar-refractivity contribution in [1.29, 1.82) is 0 Å². The molecule has 0 aliphatic carbocycles. The SMILES string of the molecule is O=C(CCN1C(=S)NC(c2ccccn2)C1c1ccc(-c2ccc(Br)cc2)o1)Nc1ccccc1F. The largest absolute Gasteiger partial charge is 0.459 e. The van der Waals surface area contributed by atoms with Gasteiger partial charge in [-0.25, -0.2) is 4.39 Å². The number of thiocarbonyl (C=S) groups is 1. The van der Waals surface area contributed by atoms with Gasteiger partial charge in [-0.15, -0.1) is 0 Å². The summed E-state index contributed by atoms with van der Waals surface area (Å²) < 4.78 is 21.3. The van der Waals surface area contributed by atoms with Gasteiger partial charge in [0.25, 0.3) is 0 Å². The van der Waals surface area contributed by atoms with E-state index in [9.17, 15) is 9.18 Å². The number of halogens is 2. The highest BCUT2D eigenvalue weighted by Crippen LogP contribution is 2.40. The molecule has 2 atom stereocenters. The molecule has 6 nitrogen and oxygen atoms in total. The zero-order chi connectivity index (χ0) is 25.1. The van der Waals surface area contributed by atoms with E-state index in [-0.39, 0.29) is 30.1 Å². The molecule has 0 saturated carbocycles. The minimum Gasteiger partial charge on any atom is -0.459 e. The number of hydrogen-bond acceptors (Lipinski definition) is 4. The van der Waals surface area contributed by atoms with Crippen LogP contribution in [0.3, 0.4) is 0 Å². The van der Waals surface area contributed by atoms with Gasteiger partial charge in [0.15, 0.2) is 5.11 Å². The van der Waals surface area contributed by atoms with Crippen molar-refractivity contribution in [1.82, 2.24) is 15.2 Å². The first-order valence-electron chi connectivity index (χ1n) is 11.4. The summed E-state index contributed by atoms with van der Waals surface area (Å²) in [6, 6.07) is 22.9. The smallest absolute Gasteiger partial charge is 0.226 e. The molecular formula is C27H22BrFN4O2S. The summed E-state index contributed by atoms with van der Waals surface area (Å²) in [6.07, 6.45) is 1.85. The van der Waals surface area contributed by atoms with Gasteiger partial charge >= 0.3 is 0 Å². The van der Waals surface area contributed by atoms with E-state index in [0.29, 0.717) is 17.4 Å². The minimum absolute atomic E-state index is 0.113. The summed E-state index contributed by atoms with van der Waals surface area (Å²) in [4.78, 5) is 19.1. The standard InChI is InChI=1S/C27H22BrFN4O2S/c28-18-10-8-17(9-11-18)22-12-13-23(35-22)26-25(21-7-3-4-15-30-21)32-27(36)33(26)16-14-24(34)31-20-6-2-1-5-19(20)29/h1-13,15,25-26H,14,16H2,(H,31,34)(H,32,36). The van der Waals surface area contributed by atoms with Gasteiger partial charge in [-0.05, 0) is 60.7 Å². The van der Waals surface area contributed by atoms with Crippen LogP contribution < -0.4 is 10.6 Å². The number of anilines is 1. The Morgan fingerprint density at radius 3 is 2.61 bits per heavy atom. The first kappa shape index (κ1) is 24.1. The molecule has 2 aromatic heterocycles. The van der Waals surface area contributed by atoms with E-state index >= 15 is 0 Å². The van der Waals surface area contributed by atoms with Gasteiger partial charge in [-0.1, -0.05) is 46.3 Å². The van der Waals surface area contributed by atoms with Crippen LogP contribution in [-0.2, 0) is 4.79 Å². The van der Waals surface area contributed by atoms with E-state index in [2.05, 4.69) is 31.5 Å². The van der Waals surface area contributed by atoms with Crippen LogP contribution in [0.15, 0.2) is 93.9 Å². The van der Waals surface area contributed by atoms with E-state index in [4.69, 9.17) is 16.6 Å². The lowest BCUT2D eigenvalue weighted by Gasteiger charge is -2.25. The molecule has 0 radical (unpaired) electrons. The number of nitrogens with zero attached hydrogens (tertiary/aromatic N) is 2. The number of carbonyl (C=O) groups is 1.